The van der Waals surface area contributed by atoms with Gasteiger partial charge in [0.2, 0.25) is 0 Å². The summed E-state index contributed by atoms with van der Waals surface area (Å²) in [5, 5.41) is 0.0222. The van der Waals surface area contributed by atoms with Gasteiger partial charge in [0.1, 0.15) is 11.5 Å². The van der Waals surface area contributed by atoms with E-state index in [1.807, 2.05) is 30.3 Å². The lowest BCUT2D eigenvalue weighted by molar-refractivity contribution is -0.232. The van der Waals surface area contributed by atoms with Crippen LogP contribution in [0.5, 0.6) is 5.75 Å². The summed E-state index contributed by atoms with van der Waals surface area (Å²) in [5.41, 5.74) is 0. The molecule has 9 nitrogen and oxygen atoms in total. The molecular formula is C36H58O9SSi. The zero-order valence-electron chi connectivity index (χ0n) is 29.2. The first kappa shape index (κ1) is 38.3. The van der Waals surface area contributed by atoms with E-state index < -0.39 is 24.2 Å². The molecule has 2 saturated heterocycles. The number of para-hydroxylation sites is 1. The lowest BCUT2D eigenvalue weighted by Crippen LogP contribution is -2.46. The Morgan fingerprint density at radius 2 is 1.66 bits per heavy atom. The van der Waals surface area contributed by atoms with Gasteiger partial charge in [-0.1, -0.05) is 44.9 Å². The van der Waals surface area contributed by atoms with Gasteiger partial charge in [0.15, 0.2) is 20.9 Å². The van der Waals surface area contributed by atoms with Crippen molar-refractivity contribution >= 4 is 18.4 Å². The van der Waals surface area contributed by atoms with Crippen molar-refractivity contribution in [3.63, 3.8) is 0 Å². The Labute approximate surface area is 284 Å². The summed E-state index contributed by atoms with van der Waals surface area (Å²) in [5.74, 6) is 5.97. The largest absolute Gasteiger partial charge is 0.494 e. The third-order valence-corrected chi connectivity index (χ3v) is 15.1. The van der Waals surface area contributed by atoms with Gasteiger partial charge in [-0.2, -0.15) is 8.42 Å². The molecule has 0 aromatic heterocycles. The molecule has 0 spiro atoms. The normalized spacial score (nSPS) is 28.0. The highest BCUT2D eigenvalue weighted by Gasteiger charge is 2.52. The summed E-state index contributed by atoms with van der Waals surface area (Å²) in [6, 6.07) is 9.86. The Kier molecular flexibility index (Phi) is 14.6. The van der Waals surface area contributed by atoms with Crippen molar-refractivity contribution in [3.05, 3.63) is 30.3 Å². The maximum absolute atomic E-state index is 11.3. The lowest BCUT2D eigenvalue weighted by Gasteiger charge is -2.41. The zero-order valence-corrected chi connectivity index (χ0v) is 31.0. The van der Waals surface area contributed by atoms with Crippen LogP contribution in [0.1, 0.15) is 91.4 Å². The molecule has 1 aromatic carbocycles. The smallest absolute Gasteiger partial charge is 0.276 e. The van der Waals surface area contributed by atoms with Crippen LogP contribution >= 0.6 is 0 Å². The number of benzene rings is 1. The standard InChI is InChI=1S/C36H58O9SSi/c1-36(2,3)47(4,5)45-31-27-32(44-34-22-12-14-24-42-34)35(29(31)19-10-7-15-26-46(37,38)39)30(43-33-21-11-13-23-41-33)20-16-25-40-28-17-8-6-9-18-28/h6,8-9,17-18,29-35H,10-14,16,19-27H2,1-5H3,(H,37,38,39)/t29-,30?,31-,32+,33?,34?,35-/m1/s1. The topological polar surface area (TPSA) is 110 Å². The van der Waals surface area contributed by atoms with Gasteiger partial charge in [-0.3, -0.25) is 4.55 Å². The first-order chi connectivity index (χ1) is 22.3. The van der Waals surface area contributed by atoms with Crippen LogP contribution < -0.4 is 4.74 Å². The maximum atomic E-state index is 11.3. The second-order valence-corrected chi connectivity index (χ2v) is 21.0. The van der Waals surface area contributed by atoms with E-state index in [0.29, 0.717) is 32.7 Å². The van der Waals surface area contributed by atoms with Gasteiger partial charge in [0.05, 0.1) is 24.9 Å². The zero-order chi connectivity index (χ0) is 33.9. The summed E-state index contributed by atoms with van der Waals surface area (Å²) in [7, 11) is -6.32. The van der Waals surface area contributed by atoms with E-state index >= 15 is 0 Å². The molecular weight excluding hydrogens is 637 g/mol. The number of hydrogen-bond acceptors (Lipinski definition) is 8. The minimum absolute atomic E-state index is 0.0130. The van der Waals surface area contributed by atoms with E-state index in [0.717, 1.165) is 63.5 Å². The molecule has 3 aliphatic rings. The summed E-state index contributed by atoms with van der Waals surface area (Å²) >= 11 is 0. The molecule has 11 heteroatoms. The van der Waals surface area contributed by atoms with Crippen LogP contribution in [-0.2, 0) is 33.5 Å². The van der Waals surface area contributed by atoms with Gasteiger partial charge in [-0.15, -0.1) is 5.92 Å². The second kappa shape index (κ2) is 18.0. The Morgan fingerprint density at radius 3 is 2.28 bits per heavy atom. The van der Waals surface area contributed by atoms with E-state index in [2.05, 4.69) is 45.7 Å². The van der Waals surface area contributed by atoms with Crippen LogP contribution in [0.4, 0.5) is 0 Å². The Hall–Kier alpha value is -1.49. The maximum Gasteiger partial charge on any atom is 0.276 e. The number of ether oxygens (including phenoxy) is 5. The van der Waals surface area contributed by atoms with Crippen molar-refractivity contribution in [1.29, 1.82) is 0 Å². The first-order valence-corrected chi connectivity index (χ1v) is 22.1. The molecule has 2 aliphatic heterocycles. The summed E-state index contributed by atoms with van der Waals surface area (Å²) in [6.07, 6.45) is 8.49. The second-order valence-electron chi connectivity index (χ2n) is 14.8. The molecule has 3 fully saturated rings. The first-order valence-electron chi connectivity index (χ1n) is 17.6. The van der Waals surface area contributed by atoms with Crippen molar-refractivity contribution < 1.29 is 41.1 Å². The molecule has 2 heterocycles. The van der Waals surface area contributed by atoms with Gasteiger partial charge in [0.25, 0.3) is 10.1 Å². The molecule has 1 aromatic rings. The molecule has 1 N–H and O–H groups in total. The third kappa shape index (κ3) is 12.4. The van der Waals surface area contributed by atoms with E-state index in [1.165, 1.54) is 0 Å². The molecule has 0 bridgehead atoms. The fourth-order valence-electron chi connectivity index (χ4n) is 6.65. The van der Waals surface area contributed by atoms with Gasteiger partial charge >= 0.3 is 0 Å². The van der Waals surface area contributed by atoms with Crippen LogP contribution in [0.3, 0.4) is 0 Å². The molecule has 1 aliphatic carbocycles. The average molecular weight is 695 g/mol. The van der Waals surface area contributed by atoms with Gasteiger partial charge in [-0.05, 0) is 100 Å². The minimum Gasteiger partial charge on any atom is -0.494 e. The SMILES string of the molecule is CC(C)(C)[Si](C)(C)O[C@@H]1C[C@H](OC2CCCCO2)[C@@H](C(CCCOc2ccccc2)OC2CCCCO2)[C@@H]1CCC#CCS(=O)(=O)O. The highest BCUT2D eigenvalue weighted by molar-refractivity contribution is 7.86. The van der Waals surface area contributed by atoms with E-state index in [-0.39, 0.29) is 47.8 Å². The highest BCUT2D eigenvalue weighted by Crippen LogP contribution is 2.48. The predicted molar refractivity (Wildman–Crippen MR) is 185 cm³/mol. The van der Waals surface area contributed by atoms with E-state index in [9.17, 15) is 13.0 Å². The Bertz CT molecular complexity index is 1230. The molecule has 4 rings (SSSR count). The van der Waals surface area contributed by atoms with Gasteiger partial charge in [-0.25, -0.2) is 0 Å². The number of rotatable bonds is 15. The predicted octanol–water partition coefficient (Wildman–Crippen LogP) is 7.37. The molecule has 1 saturated carbocycles. The lowest BCUT2D eigenvalue weighted by atomic mass is 9.83. The van der Waals surface area contributed by atoms with Gasteiger partial charge in [0, 0.05) is 25.6 Å². The molecule has 47 heavy (non-hydrogen) atoms. The summed E-state index contributed by atoms with van der Waals surface area (Å²) < 4.78 is 71.0. The van der Waals surface area contributed by atoms with Crippen LogP contribution in [0.25, 0.3) is 0 Å². The summed E-state index contributed by atoms with van der Waals surface area (Å²) in [4.78, 5) is 0. The van der Waals surface area contributed by atoms with Crippen molar-refractivity contribution in [3.8, 4) is 17.6 Å². The van der Waals surface area contributed by atoms with Crippen LogP contribution in [0.2, 0.25) is 18.1 Å². The van der Waals surface area contributed by atoms with Crippen molar-refractivity contribution in [2.45, 2.75) is 140 Å². The fourth-order valence-corrected chi connectivity index (χ4v) is 8.32. The molecule has 3 unspecified atom stereocenters. The van der Waals surface area contributed by atoms with E-state index in [4.69, 9.17) is 28.1 Å². The highest BCUT2D eigenvalue weighted by atomic mass is 32.2. The molecule has 0 radical (unpaired) electrons. The van der Waals surface area contributed by atoms with Crippen molar-refractivity contribution in [1.82, 2.24) is 0 Å². The monoisotopic (exact) mass is 694 g/mol. The fraction of sp³-hybridized carbons (Fsp3) is 0.778. The van der Waals surface area contributed by atoms with Crippen molar-refractivity contribution in [2.75, 3.05) is 25.6 Å². The van der Waals surface area contributed by atoms with Crippen LogP contribution in [-0.4, -0.2) is 77.8 Å². The Morgan fingerprint density at radius 1 is 0.979 bits per heavy atom. The van der Waals surface area contributed by atoms with E-state index in [1.54, 1.807) is 0 Å². The summed E-state index contributed by atoms with van der Waals surface area (Å²) in [6.45, 7) is 13.3. The minimum atomic E-state index is -4.15. The number of hydrogen-bond donors (Lipinski definition) is 1. The quantitative estimate of drug-likeness (QED) is 0.0871. The van der Waals surface area contributed by atoms with Crippen molar-refractivity contribution in [2.24, 2.45) is 11.8 Å². The Balaban J connectivity index is 1.62. The van der Waals surface area contributed by atoms with Gasteiger partial charge < -0.3 is 28.1 Å². The van der Waals surface area contributed by atoms with Crippen LogP contribution in [0, 0.1) is 23.7 Å². The third-order valence-electron chi connectivity index (χ3n) is 10.1. The molecule has 266 valence electrons. The molecule has 7 atom stereocenters. The molecule has 0 amide bonds. The average Bonchev–Trinajstić information content (AvgIpc) is 3.34. The van der Waals surface area contributed by atoms with Crippen LogP contribution in [0.15, 0.2) is 30.3 Å².